The van der Waals surface area contributed by atoms with E-state index < -0.39 is 6.17 Å². The fraction of sp³-hybridized carbons (Fsp3) is 0.667. The summed E-state index contributed by atoms with van der Waals surface area (Å²) in [7, 11) is 0. The molecule has 0 saturated heterocycles. The van der Waals surface area contributed by atoms with Crippen molar-refractivity contribution in [2.45, 2.75) is 19.2 Å². The predicted molar refractivity (Wildman–Crippen MR) is 29.4 cm³/mol. The van der Waals surface area contributed by atoms with Crippen LogP contribution in [0, 0.1) is 0 Å². The molecule has 0 amide bonds. The molecule has 0 fully saturated rings. The Hall–Kier alpha value is -0.370. The molecule has 0 spiro atoms. The van der Waals surface area contributed by atoms with Crippen molar-refractivity contribution < 1.29 is 9.13 Å². The standard InChI is InChI=1S/C6H9FO/c1-5-2-3-6(7)4-8-5/h2-3,5-6H,4H2,1H3. The molecule has 0 aliphatic carbocycles. The third-order valence-corrected chi connectivity index (χ3v) is 1.11. The lowest BCUT2D eigenvalue weighted by Crippen LogP contribution is -2.18. The first-order valence-electron chi connectivity index (χ1n) is 2.73. The highest BCUT2D eigenvalue weighted by Gasteiger charge is 2.09. The van der Waals surface area contributed by atoms with Gasteiger partial charge in [-0.15, -0.1) is 0 Å². The Balaban J connectivity index is 2.42. The minimum Gasteiger partial charge on any atom is -0.371 e. The van der Waals surface area contributed by atoms with Gasteiger partial charge in [0, 0.05) is 0 Å². The van der Waals surface area contributed by atoms with Crippen LogP contribution in [0.5, 0.6) is 0 Å². The van der Waals surface area contributed by atoms with E-state index >= 15 is 0 Å². The van der Waals surface area contributed by atoms with Crippen LogP contribution in [0.25, 0.3) is 0 Å². The molecule has 0 aromatic heterocycles. The lowest BCUT2D eigenvalue weighted by atomic mass is 10.2. The van der Waals surface area contributed by atoms with Crippen molar-refractivity contribution in [3.63, 3.8) is 0 Å². The van der Waals surface area contributed by atoms with Crippen LogP contribution in [-0.2, 0) is 4.74 Å². The van der Waals surface area contributed by atoms with Gasteiger partial charge in [-0.05, 0) is 13.0 Å². The first-order valence-corrected chi connectivity index (χ1v) is 2.73. The van der Waals surface area contributed by atoms with Crippen LogP contribution < -0.4 is 0 Å². The molecule has 0 saturated carbocycles. The summed E-state index contributed by atoms with van der Waals surface area (Å²) in [4.78, 5) is 0. The number of rotatable bonds is 0. The van der Waals surface area contributed by atoms with Crippen molar-refractivity contribution in [2.24, 2.45) is 0 Å². The lowest BCUT2D eigenvalue weighted by molar-refractivity contribution is 0.0542. The van der Waals surface area contributed by atoms with Gasteiger partial charge < -0.3 is 4.74 Å². The van der Waals surface area contributed by atoms with Crippen molar-refractivity contribution in [3.05, 3.63) is 12.2 Å². The van der Waals surface area contributed by atoms with Crippen molar-refractivity contribution in [1.82, 2.24) is 0 Å². The average Bonchev–Trinajstić information content (AvgIpc) is 1.77. The van der Waals surface area contributed by atoms with E-state index in [0.717, 1.165) is 0 Å². The van der Waals surface area contributed by atoms with E-state index in [4.69, 9.17) is 4.74 Å². The quantitative estimate of drug-likeness (QED) is 0.433. The molecule has 8 heavy (non-hydrogen) atoms. The van der Waals surface area contributed by atoms with Gasteiger partial charge in [0.2, 0.25) is 0 Å². The molecule has 1 aliphatic rings. The maximum Gasteiger partial charge on any atom is 0.142 e. The van der Waals surface area contributed by atoms with Gasteiger partial charge in [-0.25, -0.2) is 4.39 Å². The second-order valence-electron chi connectivity index (χ2n) is 1.94. The maximum absolute atomic E-state index is 12.1. The Morgan fingerprint density at radius 1 is 1.62 bits per heavy atom. The lowest BCUT2D eigenvalue weighted by Gasteiger charge is -2.14. The molecular formula is C6H9FO. The maximum atomic E-state index is 12.1. The molecule has 2 unspecified atom stereocenters. The number of hydrogen-bond acceptors (Lipinski definition) is 1. The van der Waals surface area contributed by atoms with Crippen LogP contribution in [0.3, 0.4) is 0 Å². The minimum absolute atomic E-state index is 0.0991. The summed E-state index contributed by atoms with van der Waals surface area (Å²) >= 11 is 0. The fourth-order valence-corrected chi connectivity index (χ4v) is 0.632. The number of alkyl halides is 1. The molecule has 0 radical (unpaired) electrons. The molecule has 2 heteroatoms. The average molecular weight is 116 g/mol. The number of ether oxygens (including phenoxy) is 1. The first kappa shape index (κ1) is 5.76. The highest BCUT2D eigenvalue weighted by molar-refractivity contribution is 4.96. The molecule has 0 aromatic rings. The third-order valence-electron chi connectivity index (χ3n) is 1.11. The molecule has 46 valence electrons. The Morgan fingerprint density at radius 3 is 2.75 bits per heavy atom. The zero-order valence-electron chi connectivity index (χ0n) is 4.80. The SMILES string of the molecule is CC1C=CC(F)CO1. The Morgan fingerprint density at radius 2 is 2.38 bits per heavy atom. The molecule has 2 atom stereocenters. The summed E-state index contributed by atoms with van der Waals surface area (Å²) < 4.78 is 17.1. The number of hydrogen-bond donors (Lipinski definition) is 0. The van der Waals surface area contributed by atoms with Gasteiger partial charge in [0.25, 0.3) is 0 Å². The van der Waals surface area contributed by atoms with Crippen LogP contribution >= 0.6 is 0 Å². The minimum atomic E-state index is -0.883. The molecule has 1 heterocycles. The Bertz CT molecular complexity index is 88.7. The molecule has 1 aliphatic heterocycles. The van der Waals surface area contributed by atoms with Gasteiger partial charge in [-0.2, -0.15) is 0 Å². The number of halogens is 1. The van der Waals surface area contributed by atoms with E-state index in [2.05, 4.69) is 0 Å². The van der Waals surface area contributed by atoms with Gasteiger partial charge in [0.1, 0.15) is 6.17 Å². The molecule has 0 aromatic carbocycles. The summed E-state index contributed by atoms with van der Waals surface area (Å²) in [5, 5.41) is 0. The summed E-state index contributed by atoms with van der Waals surface area (Å²) in [5.41, 5.74) is 0. The van der Waals surface area contributed by atoms with Gasteiger partial charge in [-0.1, -0.05) is 6.08 Å². The molecular weight excluding hydrogens is 107 g/mol. The van der Waals surface area contributed by atoms with Crippen molar-refractivity contribution >= 4 is 0 Å². The first-order chi connectivity index (χ1) is 3.79. The normalized spacial score (nSPS) is 37.8. The largest absolute Gasteiger partial charge is 0.371 e. The molecule has 1 nitrogen and oxygen atoms in total. The van der Waals surface area contributed by atoms with Gasteiger partial charge in [-0.3, -0.25) is 0 Å². The summed E-state index contributed by atoms with van der Waals surface area (Å²) in [6.07, 6.45) is 2.48. The highest BCUT2D eigenvalue weighted by Crippen LogP contribution is 2.05. The predicted octanol–water partition coefficient (Wildman–Crippen LogP) is 1.30. The van der Waals surface area contributed by atoms with E-state index in [9.17, 15) is 4.39 Å². The molecule has 0 N–H and O–H groups in total. The summed E-state index contributed by atoms with van der Waals surface area (Å²) in [6, 6.07) is 0. The summed E-state index contributed by atoms with van der Waals surface area (Å²) in [5.74, 6) is 0. The van der Waals surface area contributed by atoms with Crippen LogP contribution in [-0.4, -0.2) is 18.9 Å². The van der Waals surface area contributed by atoms with Gasteiger partial charge in [0.05, 0.1) is 12.7 Å². The van der Waals surface area contributed by atoms with Crippen LogP contribution in [0.1, 0.15) is 6.92 Å². The van der Waals surface area contributed by atoms with Gasteiger partial charge >= 0.3 is 0 Å². The Kier molecular flexibility index (Phi) is 1.63. The third kappa shape index (κ3) is 1.30. The second-order valence-corrected chi connectivity index (χ2v) is 1.94. The van der Waals surface area contributed by atoms with E-state index in [-0.39, 0.29) is 12.7 Å². The summed E-state index contributed by atoms with van der Waals surface area (Å²) in [6.45, 7) is 2.11. The van der Waals surface area contributed by atoms with Crippen LogP contribution in [0.4, 0.5) is 4.39 Å². The topological polar surface area (TPSA) is 9.23 Å². The zero-order chi connectivity index (χ0) is 5.98. The fourth-order valence-electron chi connectivity index (χ4n) is 0.632. The smallest absolute Gasteiger partial charge is 0.142 e. The second kappa shape index (κ2) is 2.27. The van der Waals surface area contributed by atoms with E-state index in [1.165, 1.54) is 6.08 Å². The highest BCUT2D eigenvalue weighted by atomic mass is 19.1. The zero-order valence-corrected chi connectivity index (χ0v) is 4.80. The molecule has 0 bridgehead atoms. The van der Waals surface area contributed by atoms with Gasteiger partial charge in [0.15, 0.2) is 0 Å². The van der Waals surface area contributed by atoms with E-state index in [1.807, 2.05) is 6.92 Å². The monoisotopic (exact) mass is 116 g/mol. The Labute approximate surface area is 48.1 Å². The van der Waals surface area contributed by atoms with Crippen molar-refractivity contribution in [3.8, 4) is 0 Å². The van der Waals surface area contributed by atoms with E-state index in [0.29, 0.717) is 0 Å². The molecule has 1 rings (SSSR count). The van der Waals surface area contributed by atoms with Crippen molar-refractivity contribution in [1.29, 1.82) is 0 Å². The van der Waals surface area contributed by atoms with E-state index in [1.54, 1.807) is 6.08 Å². The van der Waals surface area contributed by atoms with Crippen LogP contribution in [0.15, 0.2) is 12.2 Å². The van der Waals surface area contributed by atoms with Crippen molar-refractivity contribution in [2.75, 3.05) is 6.61 Å². The van der Waals surface area contributed by atoms with Crippen LogP contribution in [0.2, 0.25) is 0 Å².